The summed E-state index contributed by atoms with van der Waals surface area (Å²) in [5.74, 6) is 0.484. The quantitative estimate of drug-likeness (QED) is 0.431. The minimum absolute atomic E-state index is 0.256. The summed E-state index contributed by atoms with van der Waals surface area (Å²) in [6.45, 7) is -0.00711. The van der Waals surface area contributed by atoms with Crippen molar-refractivity contribution in [3.8, 4) is 0 Å². The van der Waals surface area contributed by atoms with Crippen LogP contribution in [0.2, 0.25) is 0 Å². The van der Waals surface area contributed by atoms with Gasteiger partial charge in [0.1, 0.15) is 6.33 Å². The van der Waals surface area contributed by atoms with E-state index in [0.29, 0.717) is 5.95 Å². The van der Waals surface area contributed by atoms with Crippen LogP contribution in [-0.4, -0.2) is 44.7 Å². The lowest BCUT2D eigenvalue weighted by atomic mass is 10.4. The molecule has 0 aromatic carbocycles. The minimum atomic E-state index is -0.764. The van der Waals surface area contributed by atoms with Crippen molar-refractivity contribution in [3.63, 3.8) is 0 Å². The SMILES string of the molecule is OCC(O)CNc1nnc[nH]1. The average Bonchev–Trinajstić information content (AvgIpc) is 2.52. The Morgan fingerprint density at radius 1 is 1.73 bits per heavy atom. The Labute approximate surface area is 63.3 Å². The molecule has 0 fully saturated rings. The molecule has 6 nitrogen and oxygen atoms in total. The van der Waals surface area contributed by atoms with E-state index in [-0.39, 0.29) is 13.2 Å². The molecule has 1 aromatic heterocycles. The van der Waals surface area contributed by atoms with E-state index in [0.717, 1.165) is 0 Å². The van der Waals surface area contributed by atoms with Gasteiger partial charge in [0, 0.05) is 6.54 Å². The van der Waals surface area contributed by atoms with Gasteiger partial charge in [0.15, 0.2) is 0 Å². The van der Waals surface area contributed by atoms with Crippen LogP contribution >= 0.6 is 0 Å². The van der Waals surface area contributed by atoms with Crippen LogP contribution in [0, 0.1) is 0 Å². The highest BCUT2D eigenvalue weighted by Gasteiger charge is 2.01. The molecular weight excluding hydrogens is 148 g/mol. The van der Waals surface area contributed by atoms with E-state index in [4.69, 9.17) is 10.2 Å². The van der Waals surface area contributed by atoms with Gasteiger partial charge in [-0.05, 0) is 0 Å². The second-order valence-electron chi connectivity index (χ2n) is 2.05. The summed E-state index contributed by atoms with van der Waals surface area (Å²) in [5, 5.41) is 27.2. The van der Waals surface area contributed by atoms with Crippen molar-refractivity contribution in [2.75, 3.05) is 18.5 Å². The Morgan fingerprint density at radius 2 is 2.55 bits per heavy atom. The number of aliphatic hydroxyl groups is 2. The van der Waals surface area contributed by atoms with Crippen molar-refractivity contribution in [2.45, 2.75) is 6.10 Å². The van der Waals surface area contributed by atoms with Gasteiger partial charge in [0.25, 0.3) is 0 Å². The third-order valence-electron chi connectivity index (χ3n) is 1.13. The number of nitrogens with one attached hydrogen (secondary N) is 2. The Morgan fingerprint density at radius 3 is 3.09 bits per heavy atom. The molecule has 1 atom stereocenters. The highest BCUT2D eigenvalue weighted by atomic mass is 16.3. The molecule has 4 N–H and O–H groups in total. The molecule has 0 aliphatic rings. The van der Waals surface area contributed by atoms with Crippen LogP contribution in [0.4, 0.5) is 5.95 Å². The molecule has 11 heavy (non-hydrogen) atoms. The van der Waals surface area contributed by atoms with Gasteiger partial charge in [-0.15, -0.1) is 10.2 Å². The fourth-order valence-corrected chi connectivity index (χ4v) is 0.571. The molecule has 0 bridgehead atoms. The van der Waals surface area contributed by atoms with Gasteiger partial charge >= 0.3 is 0 Å². The molecule has 0 saturated carbocycles. The highest BCUT2D eigenvalue weighted by Crippen LogP contribution is 1.91. The number of aliphatic hydroxyl groups excluding tert-OH is 2. The molecule has 1 unspecified atom stereocenters. The number of H-pyrrole nitrogens is 1. The maximum atomic E-state index is 8.88. The van der Waals surface area contributed by atoms with Crippen LogP contribution < -0.4 is 5.32 Å². The summed E-state index contributed by atoms with van der Waals surface area (Å²) >= 11 is 0. The fraction of sp³-hybridized carbons (Fsp3) is 0.600. The molecule has 0 saturated heterocycles. The van der Waals surface area contributed by atoms with Crippen LogP contribution in [0.15, 0.2) is 6.33 Å². The van der Waals surface area contributed by atoms with Gasteiger partial charge in [-0.2, -0.15) is 0 Å². The number of aromatic amines is 1. The van der Waals surface area contributed by atoms with Gasteiger partial charge in [-0.25, -0.2) is 0 Å². The predicted octanol–water partition coefficient (Wildman–Crippen LogP) is -1.43. The van der Waals surface area contributed by atoms with E-state index >= 15 is 0 Å². The van der Waals surface area contributed by atoms with Crippen molar-refractivity contribution < 1.29 is 10.2 Å². The second-order valence-corrected chi connectivity index (χ2v) is 2.05. The van der Waals surface area contributed by atoms with Gasteiger partial charge in [0.2, 0.25) is 5.95 Å². The van der Waals surface area contributed by atoms with Gasteiger partial charge in [0.05, 0.1) is 12.7 Å². The number of nitrogens with zero attached hydrogens (tertiary/aromatic N) is 2. The average molecular weight is 158 g/mol. The van der Waals surface area contributed by atoms with Crippen molar-refractivity contribution in [1.29, 1.82) is 0 Å². The largest absolute Gasteiger partial charge is 0.394 e. The van der Waals surface area contributed by atoms with E-state index < -0.39 is 6.10 Å². The van der Waals surface area contributed by atoms with Gasteiger partial charge in [-0.3, -0.25) is 0 Å². The molecule has 0 amide bonds. The Hall–Kier alpha value is -1.14. The zero-order chi connectivity index (χ0) is 8.10. The third-order valence-corrected chi connectivity index (χ3v) is 1.13. The molecule has 0 spiro atoms. The molecule has 6 heteroatoms. The molecule has 0 aliphatic heterocycles. The van der Waals surface area contributed by atoms with E-state index in [1.165, 1.54) is 6.33 Å². The number of hydrogen-bond donors (Lipinski definition) is 4. The van der Waals surface area contributed by atoms with Crippen LogP contribution in [0.1, 0.15) is 0 Å². The first-order valence-electron chi connectivity index (χ1n) is 3.21. The lowest BCUT2D eigenvalue weighted by molar-refractivity contribution is 0.105. The molecule has 1 heterocycles. The summed E-state index contributed by atoms with van der Waals surface area (Å²) < 4.78 is 0. The predicted molar refractivity (Wildman–Crippen MR) is 38.0 cm³/mol. The lowest BCUT2D eigenvalue weighted by Crippen LogP contribution is -2.23. The summed E-state index contributed by atoms with van der Waals surface area (Å²) in [4.78, 5) is 2.69. The molecule has 1 rings (SSSR count). The number of rotatable bonds is 4. The molecule has 1 aromatic rings. The van der Waals surface area contributed by atoms with E-state index in [1.54, 1.807) is 0 Å². The number of aromatic nitrogens is 3. The molecule has 0 aliphatic carbocycles. The summed E-state index contributed by atoms with van der Waals surface area (Å²) in [6.07, 6.45) is 0.660. The standard InChI is InChI=1S/C5H10N4O2/c10-2-4(11)1-6-5-7-3-8-9-5/h3-4,10-11H,1-2H2,(H2,6,7,8,9). The van der Waals surface area contributed by atoms with E-state index in [9.17, 15) is 0 Å². The van der Waals surface area contributed by atoms with E-state index in [2.05, 4.69) is 20.5 Å². The van der Waals surface area contributed by atoms with Crippen LogP contribution in [0.5, 0.6) is 0 Å². The van der Waals surface area contributed by atoms with E-state index in [1.807, 2.05) is 0 Å². The third kappa shape index (κ3) is 2.52. The second kappa shape index (κ2) is 3.89. The topological polar surface area (TPSA) is 94.1 Å². The normalized spacial score (nSPS) is 12.9. The zero-order valence-corrected chi connectivity index (χ0v) is 5.86. The first-order valence-corrected chi connectivity index (χ1v) is 3.21. The smallest absolute Gasteiger partial charge is 0.221 e. The van der Waals surface area contributed by atoms with Crippen molar-refractivity contribution >= 4 is 5.95 Å². The van der Waals surface area contributed by atoms with Crippen LogP contribution in [-0.2, 0) is 0 Å². The Bertz CT molecular complexity index is 188. The summed E-state index contributed by atoms with van der Waals surface area (Å²) in [7, 11) is 0. The number of hydrogen-bond acceptors (Lipinski definition) is 5. The first-order chi connectivity index (χ1) is 5.33. The first kappa shape index (κ1) is 7.96. The summed E-state index contributed by atoms with van der Waals surface area (Å²) in [6, 6.07) is 0. The maximum absolute atomic E-state index is 8.88. The monoisotopic (exact) mass is 158 g/mol. The molecular formula is C5H10N4O2. The van der Waals surface area contributed by atoms with Crippen molar-refractivity contribution in [2.24, 2.45) is 0 Å². The maximum Gasteiger partial charge on any atom is 0.221 e. The van der Waals surface area contributed by atoms with Crippen LogP contribution in [0.25, 0.3) is 0 Å². The Kier molecular flexibility index (Phi) is 2.82. The minimum Gasteiger partial charge on any atom is -0.394 e. The summed E-state index contributed by atoms with van der Waals surface area (Å²) in [5.41, 5.74) is 0. The fourth-order valence-electron chi connectivity index (χ4n) is 0.571. The molecule has 0 radical (unpaired) electrons. The molecule has 62 valence electrons. The van der Waals surface area contributed by atoms with Crippen molar-refractivity contribution in [1.82, 2.24) is 15.2 Å². The highest BCUT2D eigenvalue weighted by molar-refractivity contribution is 5.20. The number of anilines is 1. The van der Waals surface area contributed by atoms with Gasteiger partial charge < -0.3 is 20.5 Å². The Balaban J connectivity index is 2.23. The van der Waals surface area contributed by atoms with Crippen molar-refractivity contribution in [3.05, 3.63) is 6.33 Å². The van der Waals surface area contributed by atoms with Gasteiger partial charge in [-0.1, -0.05) is 0 Å². The lowest BCUT2D eigenvalue weighted by Gasteiger charge is -2.06. The zero-order valence-electron chi connectivity index (χ0n) is 5.86. The van der Waals surface area contributed by atoms with Crippen LogP contribution in [0.3, 0.4) is 0 Å².